The Kier molecular flexibility index (Phi) is 4.67. The number of nitrogens with one attached hydrogen (secondary N) is 1. The summed E-state index contributed by atoms with van der Waals surface area (Å²) in [6.45, 7) is 1.98. The number of hydrogen-bond acceptors (Lipinski definition) is 3. The highest BCUT2D eigenvalue weighted by Crippen LogP contribution is 2.26. The molecule has 1 fully saturated rings. The van der Waals surface area contributed by atoms with E-state index < -0.39 is 0 Å². The van der Waals surface area contributed by atoms with Crippen molar-refractivity contribution in [3.8, 4) is 11.1 Å². The highest BCUT2D eigenvalue weighted by Gasteiger charge is 2.20. The molecule has 2 heterocycles. The third kappa shape index (κ3) is 3.46. The Balaban J connectivity index is 1.50. The van der Waals surface area contributed by atoms with Gasteiger partial charge in [-0.3, -0.25) is 9.78 Å². The van der Waals surface area contributed by atoms with Gasteiger partial charge in [0.1, 0.15) is 0 Å². The van der Waals surface area contributed by atoms with Crippen LogP contribution < -0.4 is 10.2 Å². The number of nitrogens with zero attached hydrogens (tertiary/aromatic N) is 2. The van der Waals surface area contributed by atoms with E-state index in [9.17, 15) is 4.79 Å². The average Bonchev–Trinajstić information content (AvgIpc) is 3.20. The number of anilines is 1. The van der Waals surface area contributed by atoms with Crippen molar-refractivity contribution in [1.82, 2.24) is 10.3 Å². The molecule has 1 saturated heterocycles. The van der Waals surface area contributed by atoms with Gasteiger partial charge in [-0.15, -0.1) is 0 Å². The number of fused-ring (bicyclic) bond motifs is 1. The lowest BCUT2D eigenvalue weighted by Gasteiger charge is -2.19. The van der Waals surface area contributed by atoms with Crippen LogP contribution in [0, 0.1) is 5.92 Å². The maximum Gasteiger partial charge on any atom is 0.227 e. The van der Waals surface area contributed by atoms with Crippen molar-refractivity contribution < 1.29 is 4.79 Å². The minimum Gasteiger partial charge on any atom is -0.316 e. The zero-order valence-electron chi connectivity index (χ0n) is 15.0. The van der Waals surface area contributed by atoms with Crippen LogP contribution >= 0.6 is 0 Å². The second-order valence-corrected chi connectivity index (χ2v) is 6.97. The van der Waals surface area contributed by atoms with Crippen molar-refractivity contribution in [1.29, 1.82) is 0 Å². The molecule has 0 spiro atoms. The molecule has 0 saturated carbocycles. The highest BCUT2D eigenvalue weighted by molar-refractivity contribution is 5.93. The predicted octanol–water partition coefficient (Wildman–Crippen LogP) is 3.86. The predicted molar refractivity (Wildman–Crippen MR) is 106 cm³/mol. The molecule has 0 aliphatic carbocycles. The Morgan fingerprint density at radius 1 is 1.15 bits per heavy atom. The lowest BCUT2D eigenvalue weighted by molar-refractivity contribution is -0.119. The molecule has 1 atom stereocenters. The molecule has 1 amide bonds. The summed E-state index contributed by atoms with van der Waals surface area (Å²) in [6, 6.07) is 18.5. The number of amides is 1. The maximum absolute atomic E-state index is 12.5. The molecule has 1 aliphatic heterocycles. The van der Waals surface area contributed by atoms with Crippen molar-refractivity contribution >= 4 is 22.5 Å². The van der Waals surface area contributed by atoms with Crippen LogP contribution in [0.3, 0.4) is 0 Å². The molecule has 0 radical (unpaired) electrons. The molecule has 4 rings (SSSR count). The van der Waals surface area contributed by atoms with Crippen molar-refractivity contribution in [2.75, 3.05) is 25.0 Å². The molecule has 4 heteroatoms. The van der Waals surface area contributed by atoms with Crippen LogP contribution in [-0.2, 0) is 4.79 Å². The molecule has 1 N–H and O–H groups in total. The molecule has 26 heavy (non-hydrogen) atoms. The molecular weight excluding hydrogens is 322 g/mol. The number of carbonyl (C=O) groups is 1. The van der Waals surface area contributed by atoms with E-state index in [4.69, 9.17) is 0 Å². The van der Waals surface area contributed by atoms with Crippen LogP contribution in [0.15, 0.2) is 60.8 Å². The summed E-state index contributed by atoms with van der Waals surface area (Å²) >= 11 is 0. The zero-order valence-corrected chi connectivity index (χ0v) is 15.0. The lowest BCUT2D eigenvalue weighted by Crippen LogP contribution is -2.28. The fraction of sp³-hybridized carbons (Fsp3) is 0.273. The van der Waals surface area contributed by atoms with Gasteiger partial charge in [0, 0.05) is 30.7 Å². The number of hydrogen-bond donors (Lipinski definition) is 1. The largest absolute Gasteiger partial charge is 0.316 e. The average molecular weight is 345 g/mol. The van der Waals surface area contributed by atoms with E-state index in [1.54, 1.807) is 4.90 Å². The number of carbonyl (C=O) groups excluding carboxylic acids is 1. The van der Waals surface area contributed by atoms with Crippen molar-refractivity contribution in [2.45, 2.75) is 12.8 Å². The summed E-state index contributed by atoms with van der Waals surface area (Å²) in [6.07, 6.45) is 3.52. The Labute approximate surface area is 153 Å². The van der Waals surface area contributed by atoms with Gasteiger partial charge >= 0.3 is 0 Å². The molecule has 4 nitrogen and oxygen atoms in total. The monoisotopic (exact) mass is 345 g/mol. The fourth-order valence-corrected chi connectivity index (χ4v) is 3.55. The van der Waals surface area contributed by atoms with E-state index >= 15 is 0 Å². The number of benzene rings is 2. The maximum atomic E-state index is 12.5. The topological polar surface area (TPSA) is 45.2 Å². The van der Waals surface area contributed by atoms with E-state index in [-0.39, 0.29) is 5.91 Å². The summed E-state index contributed by atoms with van der Waals surface area (Å²) in [5.41, 5.74) is 4.23. The second kappa shape index (κ2) is 7.26. The highest BCUT2D eigenvalue weighted by atomic mass is 16.2. The molecule has 132 valence electrons. The first kappa shape index (κ1) is 16.7. The van der Waals surface area contributed by atoms with Crippen molar-refractivity contribution in [2.24, 2.45) is 5.92 Å². The lowest BCUT2D eigenvalue weighted by atomic mass is 10.0. The van der Waals surface area contributed by atoms with Crippen LogP contribution in [-0.4, -0.2) is 31.0 Å². The zero-order chi connectivity index (χ0) is 17.9. The Bertz CT molecular complexity index is 914. The number of aromatic nitrogens is 1. The summed E-state index contributed by atoms with van der Waals surface area (Å²) < 4.78 is 0. The second-order valence-electron chi connectivity index (χ2n) is 6.97. The van der Waals surface area contributed by atoms with Gasteiger partial charge in [0.25, 0.3) is 0 Å². The van der Waals surface area contributed by atoms with Crippen molar-refractivity contribution in [3.05, 3.63) is 60.8 Å². The van der Waals surface area contributed by atoms with Gasteiger partial charge in [0.05, 0.1) is 5.52 Å². The third-order valence-electron chi connectivity index (χ3n) is 5.19. The summed E-state index contributed by atoms with van der Waals surface area (Å²) in [5.74, 6) is 0.652. The van der Waals surface area contributed by atoms with Gasteiger partial charge in [-0.2, -0.15) is 0 Å². The van der Waals surface area contributed by atoms with E-state index in [0.717, 1.165) is 47.2 Å². The molecule has 1 unspecified atom stereocenters. The van der Waals surface area contributed by atoms with E-state index in [0.29, 0.717) is 12.3 Å². The van der Waals surface area contributed by atoms with E-state index in [1.165, 1.54) is 0 Å². The smallest absolute Gasteiger partial charge is 0.227 e. The van der Waals surface area contributed by atoms with Crippen LogP contribution in [0.25, 0.3) is 22.0 Å². The molecule has 2 aromatic carbocycles. The van der Waals surface area contributed by atoms with Gasteiger partial charge < -0.3 is 10.2 Å². The number of pyridine rings is 1. The molecule has 0 bridgehead atoms. The summed E-state index contributed by atoms with van der Waals surface area (Å²) in [4.78, 5) is 18.6. The van der Waals surface area contributed by atoms with Crippen LogP contribution in [0.1, 0.15) is 12.8 Å². The van der Waals surface area contributed by atoms with Crippen LogP contribution in [0.5, 0.6) is 0 Å². The van der Waals surface area contributed by atoms with E-state index in [2.05, 4.69) is 40.6 Å². The van der Waals surface area contributed by atoms with Crippen LogP contribution in [0.4, 0.5) is 5.69 Å². The Morgan fingerprint density at radius 3 is 2.73 bits per heavy atom. The Morgan fingerprint density at radius 2 is 1.96 bits per heavy atom. The first-order chi connectivity index (χ1) is 12.7. The molecule has 1 aromatic heterocycles. The van der Waals surface area contributed by atoms with Gasteiger partial charge in [-0.05, 0) is 66.9 Å². The molecule has 3 aromatic rings. The minimum absolute atomic E-state index is 0.184. The van der Waals surface area contributed by atoms with E-state index in [1.807, 2.05) is 37.5 Å². The fourth-order valence-electron chi connectivity index (χ4n) is 3.55. The van der Waals surface area contributed by atoms with Gasteiger partial charge in [-0.1, -0.05) is 24.3 Å². The third-order valence-corrected chi connectivity index (χ3v) is 5.19. The van der Waals surface area contributed by atoms with Crippen LogP contribution in [0.2, 0.25) is 0 Å². The molecule has 1 aliphatic rings. The standard InChI is InChI=1S/C22H23N3O/c1-25(22(26)13-16-10-12-23-15-16)20-7-4-17(5-8-20)18-6-9-21-19(14-18)3-2-11-24-21/h2-9,11,14,16,23H,10,12-13,15H2,1H3. The van der Waals surface area contributed by atoms with Crippen molar-refractivity contribution in [3.63, 3.8) is 0 Å². The summed E-state index contributed by atoms with van der Waals surface area (Å²) in [7, 11) is 1.86. The Hall–Kier alpha value is -2.72. The first-order valence-corrected chi connectivity index (χ1v) is 9.13. The quantitative estimate of drug-likeness (QED) is 0.781. The van der Waals surface area contributed by atoms with Gasteiger partial charge in [0.2, 0.25) is 5.91 Å². The van der Waals surface area contributed by atoms with Gasteiger partial charge in [-0.25, -0.2) is 0 Å². The normalized spacial score (nSPS) is 16.7. The minimum atomic E-state index is 0.184. The SMILES string of the molecule is CN(C(=O)CC1CCNC1)c1ccc(-c2ccc3ncccc3c2)cc1. The molecular formula is C22H23N3O. The summed E-state index contributed by atoms with van der Waals surface area (Å²) in [5, 5.41) is 4.45. The van der Waals surface area contributed by atoms with Gasteiger partial charge in [0.15, 0.2) is 0 Å². The number of rotatable bonds is 4. The first-order valence-electron chi connectivity index (χ1n) is 9.13.